The number of nitrogens with one attached hydrogen (secondary N) is 1. The summed E-state index contributed by atoms with van der Waals surface area (Å²) in [5.74, 6) is -0.827. The van der Waals surface area contributed by atoms with Crippen molar-refractivity contribution in [2.24, 2.45) is 0 Å². The molecule has 1 aromatic carbocycles. The molecule has 0 fully saturated rings. The topological polar surface area (TPSA) is 72.2 Å². The van der Waals surface area contributed by atoms with Crippen molar-refractivity contribution < 1.29 is 12.8 Å². The van der Waals surface area contributed by atoms with E-state index in [1.165, 1.54) is 0 Å². The lowest BCUT2D eigenvalue weighted by molar-refractivity contribution is 0.555. The summed E-state index contributed by atoms with van der Waals surface area (Å²) in [6.07, 6.45) is 2.63. The van der Waals surface area contributed by atoms with Crippen molar-refractivity contribution in [3.63, 3.8) is 0 Å². The van der Waals surface area contributed by atoms with E-state index < -0.39 is 20.7 Å². The monoisotopic (exact) mass is 370 g/mol. The van der Waals surface area contributed by atoms with E-state index in [4.69, 9.17) is 5.73 Å². The minimum Gasteiger partial charge on any atom is -0.398 e. The first kappa shape index (κ1) is 16.7. The molecule has 1 aromatic rings. The Balaban J connectivity index is 2.86. The highest BCUT2D eigenvalue weighted by atomic mass is 79.9. The van der Waals surface area contributed by atoms with Crippen molar-refractivity contribution in [1.82, 2.24) is 4.72 Å². The number of anilines is 1. The standard InChI is InChI=1S/C11H16BrFN2O2S2/c1-7(18-2)3-4-15-19(16,17)11-6-10(14)8(12)5-9(11)13/h5-7,15H,3-4,14H2,1-2H3. The van der Waals surface area contributed by atoms with Crippen molar-refractivity contribution in [3.8, 4) is 0 Å². The lowest BCUT2D eigenvalue weighted by atomic mass is 10.3. The third kappa shape index (κ3) is 4.62. The quantitative estimate of drug-likeness (QED) is 0.754. The molecule has 0 bridgehead atoms. The maximum absolute atomic E-state index is 13.7. The van der Waals surface area contributed by atoms with E-state index in [9.17, 15) is 12.8 Å². The van der Waals surface area contributed by atoms with Crippen LogP contribution in [0.25, 0.3) is 0 Å². The molecule has 1 rings (SSSR count). The third-order valence-corrected chi connectivity index (χ3v) is 5.79. The van der Waals surface area contributed by atoms with Gasteiger partial charge in [0.25, 0.3) is 0 Å². The summed E-state index contributed by atoms with van der Waals surface area (Å²) in [6, 6.07) is 2.16. The Labute approximate surface area is 125 Å². The minimum atomic E-state index is -3.87. The molecule has 0 aliphatic carbocycles. The van der Waals surface area contributed by atoms with Crippen LogP contribution in [0.3, 0.4) is 0 Å². The highest BCUT2D eigenvalue weighted by Crippen LogP contribution is 2.26. The van der Waals surface area contributed by atoms with Gasteiger partial charge in [-0.2, -0.15) is 11.8 Å². The molecule has 8 heteroatoms. The van der Waals surface area contributed by atoms with Crippen LogP contribution in [0.2, 0.25) is 0 Å². The fourth-order valence-corrected chi connectivity index (χ4v) is 3.15. The zero-order valence-corrected chi connectivity index (χ0v) is 13.8. The van der Waals surface area contributed by atoms with E-state index >= 15 is 0 Å². The van der Waals surface area contributed by atoms with Gasteiger partial charge < -0.3 is 5.73 Å². The fraction of sp³-hybridized carbons (Fsp3) is 0.455. The molecule has 0 radical (unpaired) electrons. The average molecular weight is 371 g/mol. The number of thioether (sulfide) groups is 1. The van der Waals surface area contributed by atoms with Crippen LogP contribution in [0.1, 0.15) is 13.3 Å². The smallest absolute Gasteiger partial charge is 0.243 e. The first-order valence-electron chi connectivity index (χ1n) is 5.55. The van der Waals surface area contributed by atoms with E-state index in [1.54, 1.807) is 11.8 Å². The molecular formula is C11H16BrFN2O2S2. The van der Waals surface area contributed by atoms with Gasteiger partial charge in [-0.25, -0.2) is 17.5 Å². The summed E-state index contributed by atoms with van der Waals surface area (Å²) in [6.45, 7) is 2.26. The maximum atomic E-state index is 13.7. The molecule has 0 saturated carbocycles. The fourth-order valence-electron chi connectivity index (χ4n) is 1.34. The third-order valence-electron chi connectivity index (χ3n) is 2.59. The van der Waals surface area contributed by atoms with Crippen LogP contribution in [0, 0.1) is 5.82 Å². The molecule has 19 heavy (non-hydrogen) atoms. The molecule has 0 aliphatic rings. The summed E-state index contributed by atoms with van der Waals surface area (Å²) >= 11 is 4.69. The predicted octanol–water partition coefficient (Wildman–Crippen LogP) is 2.59. The largest absolute Gasteiger partial charge is 0.398 e. The number of sulfonamides is 1. The number of halogens is 2. The average Bonchev–Trinajstić information content (AvgIpc) is 2.33. The predicted molar refractivity (Wildman–Crippen MR) is 81.3 cm³/mol. The second-order valence-electron chi connectivity index (χ2n) is 4.04. The Morgan fingerprint density at radius 3 is 2.74 bits per heavy atom. The zero-order chi connectivity index (χ0) is 14.6. The Hall–Kier alpha value is -0.310. The summed E-state index contributed by atoms with van der Waals surface area (Å²) in [5.41, 5.74) is 5.76. The molecule has 4 nitrogen and oxygen atoms in total. The molecule has 0 heterocycles. The van der Waals surface area contributed by atoms with Gasteiger partial charge in [0.05, 0.1) is 0 Å². The number of hydrogen-bond acceptors (Lipinski definition) is 4. The first-order chi connectivity index (χ1) is 8.77. The van der Waals surface area contributed by atoms with Gasteiger partial charge in [0.1, 0.15) is 10.7 Å². The molecule has 0 aromatic heterocycles. The summed E-state index contributed by atoms with van der Waals surface area (Å²) in [4.78, 5) is -0.426. The molecule has 1 unspecified atom stereocenters. The van der Waals surface area contributed by atoms with E-state index in [1.807, 2.05) is 13.2 Å². The second-order valence-corrected chi connectivity index (χ2v) is 7.90. The molecule has 0 amide bonds. The van der Waals surface area contributed by atoms with Crippen molar-refractivity contribution in [2.75, 3.05) is 18.5 Å². The number of rotatable bonds is 6. The van der Waals surface area contributed by atoms with Crippen LogP contribution < -0.4 is 10.5 Å². The second kappa shape index (κ2) is 6.92. The Bertz CT molecular complexity index is 552. The lowest BCUT2D eigenvalue weighted by Gasteiger charge is -2.11. The van der Waals surface area contributed by atoms with Crippen LogP contribution in [0.5, 0.6) is 0 Å². The molecule has 108 valence electrons. The summed E-state index contributed by atoms with van der Waals surface area (Å²) in [5, 5.41) is 0.336. The van der Waals surface area contributed by atoms with E-state index in [0.717, 1.165) is 12.1 Å². The summed E-state index contributed by atoms with van der Waals surface area (Å²) in [7, 11) is -3.87. The van der Waals surface area contributed by atoms with Gasteiger partial charge in [-0.3, -0.25) is 0 Å². The van der Waals surface area contributed by atoms with Crippen molar-refractivity contribution in [2.45, 2.75) is 23.5 Å². The molecule has 3 N–H and O–H groups in total. The zero-order valence-electron chi connectivity index (χ0n) is 10.6. The highest BCUT2D eigenvalue weighted by molar-refractivity contribution is 9.10. The molecule has 0 aliphatic heterocycles. The molecule has 1 atom stereocenters. The van der Waals surface area contributed by atoms with E-state index in [-0.39, 0.29) is 12.2 Å². The van der Waals surface area contributed by atoms with Gasteiger partial charge in [0, 0.05) is 22.0 Å². The van der Waals surface area contributed by atoms with Crippen molar-refractivity contribution in [1.29, 1.82) is 0 Å². The van der Waals surface area contributed by atoms with Crippen LogP contribution in [0.4, 0.5) is 10.1 Å². The van der Waals surface area contributed by atoms with Gasteiger partial charge >= 0.3 is 0 Å². The van der Waals surface area contributed by atoms with Gasteiger partial charge in [0.15, 0.2) is 0 Å². The van der Waals surface area contributed by atoms with Crippen molar-refractivity contribution in [3.05, 3.63) is 22.4 Å². The normalized spacial score (nSPS) is 13.5. The van der Waals surface area contributed by atoms with Crippen LogP contribution >= 0.6 is 27.7 Å². The number of nitrogens with two attached hydrogens (primary N) is 1. The number of benzene rings is 1. The van der Waals surface area contributed by atoms with Gasteiger partial charge in [-0.05, 0) is 40.7 Å². The minimum absolute atomic E-state index is 0.180. The lowest BCUT2D eigenvalue weighted by Crippen LogP contribution is -2.27. The Morgan fingerprint density at radius 2 is 2.16 bits per heavy atom. The van der Waals surface area contributed by atoms with Gasteiger partial charge in [-0.15, -0.1) is 0 Å². The van der Waals surface area contributed by atoms with E-state index in [2.05, 4.69) is 20.7 Å². The van der Waals surface area contributed by atoms with E-state index in [0.29, 0.717) is 16.1 Å². The van der Waals surface area contributed by atoms with Crippen LogP contribution in [0.15, 0.2) is 21.5 Å². The van der Waals surface area contributed by atoms with Crippen LogP contribution in [-0.4, -0.2) is 26.5 Å². The van der Waals surface area contributed by atoms with Crippen LogP contribution in [-0.2, 0) is 10.0 Å². The molecule has 0 spiro atoms. The molecule has 0 saturated heterocycles. The van der Waals surface area contributed by atoms with Crippen molar-refractivity contribution >= 4 is 43.4 Å². The maximum Gasteiger partial charge on any atom is 0.243 e. The number of hydrogen-bond donors (Lipinski definition) is 2. The van der Waals surface area contributed by atoms with Gasteiger partial charge in [0.2, 0.25) is 10.0 Å². The highest BCUT2D eigenvalue weighted by Gasteiger charge is 2.20. The van der Waals surface area contributed by atoms with Gasteiger partial charge in [-0.1, -0.05) is 6.92 Å². The SMILES string of the molecule is CSC(C)CCNS(=O)(=O)c1cc(N)c(Br)cc1F. The first-order valence-corrected chi connectivity index (χ1v) is 9.11. The summed E-state index contributed by atoms with van der Waals surface area (Å²) < 4.78 is 40.3. The Morgan fingerprint density at radius 1 is 1.53 bits per heavy atom. The number of nitrogen functional groups attached to an aromatic ring is 1. The molecular weight excluding hydrogens is 355 g/mol. The Kier molecular flexibility index (Phi) is 6.10.